The van der Waals surface area contributed by atoms with Gasteiger partial charge in [-0.2, -0.15) is 5.10 Å². The largest absolute Gasteiger partial charge is 0.353 e. The van der Waals surface area contributed by atoms with E-state index in [9.17, 15) is 9.59 Å². The van der Waals surface area contributed by atoms with Gasteiger partial charge >= 0.3 is 0 Å². The van der Waals surface area contributed by atoms with Crippen LogP contribution in [0.3, 0.4) is 0 Å². The highest BCUT2D eigenvalue weighted by Gasteiger charge is 2.30. The van der Waals surface area contributed by atoms with E-state index in [2.05, 4.69) is 23.4 Å². The summed E-state index contributed by atoms with van der Waals surface area (Å²) in [6.07, 6.45) is 15.6. The Labute approximate surface area is 223 Å². The first-order chi connectivity index (χ1) is 18.0. The molecule has 0 bridgehead atoms. The fraction of sp³-hybridized carbons (Fsp3) is 0.586. The lowest BCUT2D eigenvalue weighted by Crippen LogP contribution is -2.37. The smallest absolute Gasteiger partial charge is 0.265 e. The van der Waals surface area contributed by atoms with Crippen LogP contribution in [0.4, 0.5) is 0 Å². The molecular formula is C29H39N5O2S. The van der Waals surface area contributed by atoms with E-state index < -0.39 is 0 Å². The molecule has 2 aliphatic rings. The number of rotatable bonds is 4. The summed E-state index contributed by atoms with van der Waals surface area (Å²) in [4.78, 5) is 31.5. The predicted octanol–water partition coefficient (Wildman–Crippen LogP) is 6.03. The van der Waals surface area contributed by atoms with Crippen molar-refractivity contribution in [3.63, 3.8) is 0 Å². The van der Waals surface area contributed by atoms with Crippen molar-refractivity contribution in [1.29, 1.82) is 0 Å². The van der Waals surface area contributed by atoms with Gasteiger partial charge in [-0.05, 0) is 38.3 Å². The zero-order chi connectivity index (χ0) is 25.8. The zero-order valence-electron chi connectivity index (χ0n) is 22.2. The minimum Gasteiger partial charge on any atom is -0.353 e. The molecule has 1 N–H and O–H groups in total. The van der Waals surface area contributed by atoms with Crippen molar-refractivity contribution < 1.29 is 4.79 Å². The van der Waals surface area contributed by atoms with Gasteiger partial charge in [-0.1, -0.05) is 87.2 Å². The van der Waals surface area contributed by atoms with E-state index in [1.807, 2.05) is 19.1 Å². The topological polar surface area (TPSA) is 81.8 Å². The Morgan fingerprint density at radius 1 is 1.03 bits per heavy atom. The van der Waals surface area contributed by atoms with Crippen LogP contribution in [0, 0.1) is 13.8 Å². The van der Waals surface area contributed by atoms with E-state index in [1.54, 1.807) is 27.2 Å². The molecule has 1 atom stereocenters. The predicted molar refractivity (Wildman–Crippen MR) is 150 cm³/mol. The summed E-state index contributed by atoms with van der Waals surface area (Å²) in [6, 6.07) is 6.23. The molecule has 1 amide bonds. The van der Waals surface area contributed by atoms with Crippen molar-refractivity contribution in [2.45, 2.75) is 108 Å². The number of nitrogens with one attached hydrogen (secondary N) is 1. The van der Waals surface area contributed by atoms with Crippen molar-refractivity contribution in [2.24, 2.45) is 0 Å². The van der Waals surface area contributed by atoms with Gasteiger partial charge in [0.25, 0.3) is 5.56 Å². The number of aromatic nitrogens is 4. The number of carbonyl (C=O) groups excluding carboxylic acids is 1. The van der Waals surface area contributed by atoms with Gasteiger partial charge in [-0.15, -0.1) is 0 Å². The van der Waals surface area contributed by atoms with Gasteiger partial charge in [-0.3, -0.25) is 14.2 Å². The van der Waals surface area contributed by atoms with Crippen LogP contribution in [0.2, 0.25) is 0 Å². The van der Waals surface area contributed by atoms with E-state index in [1.165, 1.54) is 63.4 Å². The highest BCUT2D eigenvalue weighted by Crippen LogP contribution is 2.33. The maximum atomic E-state index is 13.5. The molecule has 3 heterocycles. The number of carbonyl (C=O) groups is 1. The van der Waals surface area contributed by atoms with Crippen molar-refractivity contribution in [3.05, 3.63) is 45.9 Å². The molecule has 8 heteroatoms. The lowest BCUT2D eigenvalue weighted by Gasteiger charge is -2.21. The third-order valence-electron chi connectivity index (χ3n) is 7.84. The second-order valence-corrected chi connectivity index (χ2v) is 11.8. The van der Waals surface area contributed by atoms with Gasteiger partial charge in [0.15, 0.2) is 10.8 Å². The summed E-state index contributed by atoms with van der Waals surface area (Å²) in [6.45, 7) is 4.10. The second kappa shape index (κ2) is 11.8. The summed E-state index contributed by atoms with van der Waals surface area (Å²) >= 11 is 1.55. The third kappa shape index (κ3) is 5.95. The SMILES string of the molecule is Cc1ccc(-n2ncc3c(=O)n4c(nc32)SCC4CC(=O)NC2CCCCCCCCCCC2)c(C)c1. The van der Waals surface area contributed by atoms with Gasteiger partial charge in [0.05, 0.1) is 17.9 Å². The lowest BCUT2D eigenvalue weighted by molar-refractivity contribution is -0.122. The Morgan fingerprint density at radius 2 is 1.70 bits per heavy atom. The molecule has 0 radical (unpaired) electrons. The monoisotopic (exact) mass is 521 g/mol. The Bertz CT molecular complexity index is 1300. The highest BCUT2D eigenvalue weighted by molar-refractivity contribution is 7.99. The number of aryl methyl sites for hydroxylation is 2. The number of nitrogens with zero attached hydrogens (tertiary/aromatic N) is 4. The molecule has 1 aromatic carbocycles. The first-order valence-corrected chi connectivity index (χ1v) is 15.0. The van der Waals surface area contributed by atoms with Gasteiger partial charge in [0.1, 0.15) is 5.39 Å². The molecule has 1 fully saturated rings. The summed E-state index contributed by atoms with van der Waals surface area (Å²) in [5, 5.41) is 9.01. The van der Waals surface area contributed by atoms with E-state index >= 15 is 0 Å². The van der Waals surface area contributed by atoms with Crippen LogP contribution in [0.25, 0.3) is 16.7 Å². The summed E-state index contributed by atoms with van der Waals surface area (Å²) in [7, 11) is 0. The molecule has 1 aliphatic carbocycles. The summed E-state index contributed by atoms with van der Waals surface area (Å²) in [5.74, 6) is 0.734. The lowest BCUT2D eigenvalue weighted by atomic mass is 9.97. The number of benzene rings is 1. The molecular weight excluding hydrogens is 482 g/mol. The molecule has 5 rings (SSSR count). The van der Waals surface area contributed by atoms with Crippen molar-refractivity contribution in [1.82, 2.24) is 24.6 Å². The standard InChI is InChI=1S/C29H39N5O2S/c1-20-14-15-25(21(2)16-20)34-27-24(18-30-34)28(36)33-23(19-37-29(33)32-27)17-26(35)31-22-12-10-8-6-4-3-5-7-9-11-13-22/h14-16,18,22-23H,3-13,17,19H2,1-2H3,(H,31,35). The third-order valence-corrected chi connectivity index (χ3v) is 8.94. The van der Waals surface area contributed by atoms with Crippen LogP contribution < -0.4 is 10.9 Å². The van der Waals surface area contributed by atoms with Gasteiger partial charge < -0.3 is 5.32 Å². The molecule has 3 aromatic rings. The summed E-state index contributed by atoms with van der Waals surface area (Å²) < 4.78 is 3.48. The van der Waals surface area contributed by atoms with Crippen molar-refractivity contribution in [3.8, 4) is 5.69 Å². The Hall–Kier alpha value is -2.61. The van der Waals surface area contributed by atoms with Gasteiger partial charge in [0, 0.05) is 18.2 Å². The van der Waals surface area contributed by atoms with Gasteiger partial charge in [-0.25, -0.2) is 9.67 Å². The highest BCUT2D eigenvalue weighted by atomic mass is 32.2. The normalized spacial score (nSPS) is 19.8. The molecule has 198 valence electrons. The van der Waals surface area contributed by atoms with Crippen LogP contribution in [-0.2, 0) is 4.79 Å². The van der Waals surface area contributed by atoms with E-state index in [0.717, 1.165) is 24.1 Å². The maximum absolute atomic E-state index is 13.5. The van der Waals surface area contributed by atoms with Crippen LogP contribution >= 0.6 is 11.8 Å². The molecule has 7 nitrogen and oxygen atoms in total. The molecule has 1 aliphatic heterocycles. The first-order valence-electron chi connectivity index (χ1n) is 14.0. The molecule has 37 heavy (non-hydrogen) atoms. The molecule has 1 saturated carbocycles. The summed E-state index contributed by atoms with van der Waals surface area (Å²) in [5.41, 5.74) is 3.66. The van der Waals surface area contributed by atoms with Crippen LogP contribution in [-0.4, -0.2) is 37.0 Å². The van der Waals surface area contributed by atoms with E-state index in [4.69, 9.17) is 4.98 Å². The minimum atomic E-state index is -0.180. The number of hydrogen-bond donors (Lipinski definition) is 1. The van der Waals surface area contributed by atoms with E-state index in [0.29, 0.717) is 28.4 Å². The fourth-order valence-electron chi connectivity index (χ4n) is 5.81. The Kier molecular flexibility index (Phi) is 8.33. The zero-order valence-corrected chi connectivity index (χ0v) is 23.0. The number of fused-ring (bicyclic) bond motifs is 2. The molecule has 1 unspecified atom stereocenters. The maximum Gasteiger partial charge on any atom is 0.265 e. The minimum absolute atomic E-state index is 0.0496. The van der Waals surface area contributed by atoms with Crippen molar-refractivity contribution in [2.75, 3.05) is 5.75 Å². The average molecular weight is 522 g/mol. The first kappa shape index (κ1) is 26.0. The number of hydrogen-bond acceptors (Lipinski definition) is 5. The quantitative estimate of drug-likeness (QED) is 0.424. The van der Waals surface area contributed by atoms with Crippen LogP contribution in [0.15, 0.2) is 34.3 Å². The Morgan fingerprint density at radius 3 is 2.38 bits per heavy atom. The average Bonchev–Trinajstić information content (AvgIpc) is 3.46. The number of thioether (sulfide) groups is 1. The Balaban J connectivity index is 1.30. The number of amides is 1. The van der Waals surface area contributed by atoms with E-state index in [-0.39, 0.29) is 23.6 Å². The fourth-order valence-corrected chi connectivity index (χ4v) is 6.94. The second-order valence-electron chi connectivity index (χ2n) is 10.8. The van der Waals surface area contributed by atoms with Gasteiger partial charge in [0.2, 0.25) is 5.91 Å². The molecule has 2 aromatic heterocycles. The van der Waals surface area contributed by atoms with Crippen LogP contribution in [0.5, 0.6) is 0 Å². The molecule has 0 spiro atoms. The molecule has 0 saturated heterocycles. The van der Waals surface area contributed by atoms with Crippen molar-refractivity contribution >= 4 is 28.7 Å². The van der Waals surface area contributed by atoms with Crippen LogP contribution in [0.1, 0.15) is 94.2 Å².